The topological polar surface area (TPSA) is 101 Å². The van der Waals surface area contributed by atoms with Crippen LogP contribution in [0.15, 0.2) is 29.2 Å². The summed E-state index contributed by atoms with van der Waals surface area (Å²) in [5.41, 5.74) is 4.47. The molecule has 1 atom stereocenters. The number of amides is 1. The second kappa shape index (κ2) is 4.50. The van der Waals surface area contributed by atoms with Crippen molar-refractivity contribution in [3.05, 3.63) is 24.3 Å². The average molecular weight is 284 g/mol. The first kappa shape index (κ1) is 13.8. The molecule has 1 heterocycles. The molecule has 1 amide bonds. The first-order valence-electron chi connectivity index (χ1n) is 5.85. The third-order valence-corrected chi connectivity index (χ3v) is 5.33. The van der Waals surface area contributed by atoms with Crippen molar-refractivity contribution in [3.8, 4) is 5.75 Å². The maximum absolute atomic E-state index is 12.4. The van der Waals surface area contributed by atoms with Crippen LogP contribution >= 0.6 is 0 Å². The molecular formula is C12H16N2O4S. The number of sulfonamides is 1. The van der Waals surface area contributed by atoms with Gasteiger partial charge in [-0.05, 0) is 31.5 Å². The lowest BCUT2D eigenvalue weighted by atomic mass is 9.89. The lowest BCUT2D eigenvalue weighted by Gasteiger charge is -2.21. The Morgan fingerprint density at radius 3 is 2.68 bits per heavy atom. The Morgan fingerprint density at radius 2 is 2.16 bits per heavy atom. The fraction of sp³-hybridized carbons (Fsp3) is 0.417. The molecule has 19 heavy (non-hydrogen) atoms. The SMILES string of the molecule is CC1(C(N)=O)CCN(S(=O)(=O)c2cccc(O)c2)C1. The molecule has 1 aliphatic heterocycles. The van der Waals surface area contributed by atoms with Gasteiger partial charge in [-0.3, -0.25) is 4.79 Å². The zero-order valence-corrected chi connectivity index (χ0v) is 11.4. The van der Waals surface area contributed by atoms with E-state index in [0.29, 0.717) is 6.42 Å². The van der Waals surface area contributed by atoms with E-state index < -0.39 is 21.3 Å². The largest absolute Gasteiger partial charge is 0.508 e. The van der Waals surface area contributed by atoms with E-state index in [1.165, 1.54) is 28.6 Å². The molecule has 1 aromatic rings. The molecule has 0 radical (unpaired) electrons. The van der Waals surface area contributed by atoms with Gasteiger partial charge in [-0.25, -0.2) is 8.42 Å². The lowest BCUT2D eigenvalue weighted by Crippen LogP contribution is -2.38. The van der Waals surface area contributed by atoms with Gasteiger partial charge in [0.1, 0.15) is 5.75 Å². The molecule has 104 valence electrons. The van der Waals surface area contributed by atoms with E-state index in [1.807, 2.05) is 0 Å². The van der Waals surface area contributed by atoms with Gasteiger partial charge in [-0.1, -0.05) is 6.07 Å². The summed E-state index contributed by atoms with van der Waals surface area (Å²) in [6.45, 7) is 1.98. The Morgan fingerprint density at radius 1 is 1.47 bits per heavy atom. The number of rotatable bonds is 3. The summed E-state index contributed by atoms with van der Waals surface area (Å²) in [5, 5.41) is 9.35. The van der Waals surface area contributed by atoms with Crippen LogP contribution < -0.4 is 5.73 Å². The number of aromatic hydroxyl groups is 1. The third-order valence-electron chi connectivity index (χ3n) is 3.49. The van der Waals surface area contributed by atoms with Crippen LogP contribution in [0, 0.1) is 5.41 Å². The molecule has 0 spiro atoms. The van der Waals surface area contributed by atoms with Crippen LogP contribution in [-0.2, 0) is 14.8 Å². The van der Waals surface area contributed by atoms with Gasteiger partial charge in [-0.15, -0.1) is 0 Å². The smallest absolute Gasteiger partial charge is 0.243 e. The molecule has 1 fully saturated rings. The monoisotopic (exact) mass is 284 g/mol. The van der Waals surface area contributed by atoms with Crippen LogP contribution in [0.4, 0.5) is 0 Å². The van der Waals surface area contributed by atoms with Crippen molar-refractivity contribution < 1.29 is 18.3 Å². The Kier molecular flexibility index (Phi) is 3.27. The van der Waals surface area contributed by atoms with Crippen LogP contribution in [0.2, 0.25) is 0 Å². The van der Waals surface area contributed by atoms with E-state index in [1.54, 1.807) is 6.92 Å². The number of nitrogens with zero attached hydrogens (tertiary/aromatic N) is 1. The first-order chi connectivity index (χ1) is 8.75. The van der Waals surface area contributed by atoms with Gasteiger partial charge in [0.05, 0.1) is 10.3 Å². The molecule has 0 aromatic heterocycles. The molecule has 2 rings (SSSR count). The Bertz CT molecular complexity index is 614. The number of primary amides is 1. The van der Waals surface area contributed by atoms with Gasteiger partial charge < -0.3 is 10.8 Å². The molecule has 1 unspecified atom stereocenters. The van der Waals surface area contributed by atoms with Crippen LogP contribution in [0.25, 0.3) is 0 Å². The summed E-state index contributed by atoms with van der Waals surface area (Å²) in [7, 11) is -3.70. The highest BCUT2D eigenvalue weighted by atomic mass is 32.2. The molecule has 6 nitrogen and oxygen atoms in total. The van der Waals surface area contributed by atoms with Crippen molar-refractivity contribution in [2.45, 2.75) is 18.2 Å². The summed E-state index contributed by atoms with van der Waals surface area (Å²) in [5.74, 6) is -0.612. The summed E-state index contributed by atoms with van der Waals surface area (Å²) >= 11 is 0. The zero-order chi connectivity index (χ0) is 14.3. The molecule has 0 bridgehead atoms. The molecule has 1 aliphatic rings. The predicted octanol–water partition coefficient (Wildman–Crippen LogP) is 0.278. The number of carbonyl (C=O) groups excluding carboxylic acids is 1. The highest BCUT2D eigenvalue weighted by Crippen LogP contribution is 2.33. The van der Waals surface area contributed by atoms with Gasteiger partial charge in [0.15, 0.2) is 0 Å². The lowest BCUT2D eigenvalue weighted by molar-refractivity contribution is -0.126. The molecule has 3 N–H and O–H groups in total. The molecular weight excluding hydrogens is 268 g/mol. The van der Waals surface area contributed by atoms with Crippen molar-refractivity contribution in [3.63, 3.8) is 0 Å². The van der Waals surface area contributed by atoms with Gasteiger partial charge in [0.2, 0.25) is 15.9 Å². The maximum Gasteiger partial charge on any atom is 0.243 e. The molecule has 7 heteroatoms. The minimum atomic E-state index is -3.70. The number of nitrogens with two attached hydrogens (primary N) is 1. The van der Waals surface area contributed by atoms with Crippen LogP contribution in [0.3, 0.4) is 0 Å². The van der Waals surface area contributed by atoms with Gasteiger partial charge in [0, 0.05) is 13.1 Å². The van der Waals surface area contributed by atoms with Crippen molar-refractivity contribution in [2.24, 2.45) is 11.1 Å². The number of hydrogen-bond acceptors (Lipinski definition) is 4. The van der Waals surface area contributed by atoms with Crippen molar-refractivity contribution in [1.82, 2.24) is 4.31 Å². The van der Waals surface area contributed by atoms with E-state index in [4.69, 9.17) is 5.73 Å². The van der Waals surface area contributed by atoms with Gasteiger partial charge in [-0.2, -0.15) is 4.31 Å². The second-order valence-electron chi connectivity index (χ2n) is 5.01. The average Bonchev–Trinajstić information content (AvgIpc) is 2.74. The third kappa shape index (κ3) is 2.43. The van der Waals surface area contributed by atoms with E-state index in [0.717, 1.165) is 0 Å². The summed E-state index contributed by atoms with van der Waals surface area (Å²) < 4.78 is 25.9. The fourth-order valence-electron chi connectivity index (χ4n) is 2.12. The standard InChI is InChI=1S/C12H16N2O4S/c1-12(11(13)16)5-6-14(8-12)19(17,18)10-4-2-3-9(15)7-10/h2-4,7,15H,5-6,8H2,1H3,(H2,13,16). The number of hydrogen-bond donors (Lipinski definition) is 2. The summed E-state index contributed by atoms with van der Waals surface area (Å²) in [6, 6.07) is 5.46. The fourth-order valence-corrected chi connectivity index (χ4v) is 3.72. The minimum Gasteiger partial charge on any atom is -0.508 e. The molecule has 1 aromatic carbocycles. The number of phenolic OH excluding ortho intramolecular Hbond substituents is 1. The second-order valence-corrected chi connectivity index (χ2v) is 6.95. The van der Waals surface area contributed by atoms with Crippen molar-refractivity contribution in [2.75, 3.05) is 13.1 Å². The quantitative estimate of drug-likeness (QED) is 0.832. The Balaban J connectivity index is 2.31. The van der Waals surface area contributed by atoms with Gasteiger partial charge in [0.25, 0.3) is 0 Å². The van der Waals surface area contributed by atoms with Crippen molar-refractivity contribution in [1.29, 1.82) is 0 Å². The van der Waals surface area contributed by atoms with E-state index in [-0.39, 0.29) is 23.7 Å². The number of carbonyl (C=O) groups is 1. The van der Waals surface area contributed by atoms with Crippen LogP contribution in [0.5, 0.6) is 5.75 Å². The van der Waals surface area contributed by atoms with Crippen LogP contribution in [0.1, 0.15) is 13.3 Å². The molecule has 0 saturated carbocycles. The first-order valence-corrected chi connectivity index (χ1v) is 7.29. The normalized spacial score (nSPS) is 24.5. The predicted molar refractivity (Wildman–Crippen MR) is 68.8 cm³/mol. The summed E-state index contributed by atoms with van der Waals surface area (Å²) in [6.07, 6.45) is 0.403. The number of phenols is 1. The summed E-state index contributed by atoms with van der Waals surface area (Å²) in [4.78, 5) is 11.4. The highest BCUT2D eigenvalue weighted by molar-refractivity contribution is 7.89. The number of benzene rings is 1. The minimum absolute atomic E-state index is 0.0150. The van der Waals surface area contributed by atoms with E-state index in [9.17, 15) is 18.3 Å². The molecule has 1 saturated heterocycles. The van der Waals surface area contributed by atoms with E-state index >= 15 is 0 Å². The molecule has 0 aliphatic carbocycles. The Labute approximate surface area is 111 Å². The zero-order valence-electron chi connectivity index (χ0n) is 10.5. The highest BCUT2D eigenvalue weighted by Gasteiger charge is 2.43. The van der Waals surface area contributed by atoms with E-state index in [2.05, 4.69) is 0 Å². The Hall–Kier alpha value is -1.60. The van der Waals surface area contributed by atoms with Crippen LogP contribution in [-0.4, -0.2) is 36.8 Å². The van der Waals surface area contributed by atoms with Gasteiger partial charge >= 0.3 is 0 Å². The van der Waals surface area contributed by atoms with Crippen molar-refractivity contribution >= 4 is 15.9 Å². The maximum atomic E-state index is 12.4.